The molecule has 1 fully saturated rings. The summed E-state index contributed by atoms with van der Waals surface area (Å²) in [6, 6.07) is 3.59. The molecule has 2 amide bonds. The van der Waals surface area contributed by atoms with Crippen molar-refractivity contribution in [2.45, 2.75) is 38.1 Å². The quantitative estimate of drug-likeness (QED) is 0.775. The van der Waals surface area contributed by atoms with Crippen LogP contribution in [0.4, 0.5) is 4.79 Å². The van der Waals surface area contributed by atoms with E-state index in [1.54, 1.807) is 12.1 Å². The number of hydrogen-bond donors (Lipinski definition) is 3. The minimum absolute atomic E-state index is 0.123. The van der Waals surface area contributed by atoms with Gasteiger partial charge in [-0.3, -0.25) is 0 Å². The van der Waals surface area contributed by atoms with E-state index in [0.717, 1.165) is 17.7 Å². The van der Waals surface area contributed by atoms with Crippen LogP contribution in [0.15, 0.2) is 12.1 Å². The average Bonchev–Trinajstić information content (AvgIpc) is 3.00. The summed E-state index contributed by atoms with van der Waals surface area (Å²) in [5.41, 5.74) is 0. The molecule has 0 saturated heterocycles. The zero-order valence-corrected chi connectivity index (χ0v) is 11.5. The normalized spacial score (nSPS) is 15.4. The Bertz CT molecular complexity index is 452. The van der Waals surface area contributed by atoms with Gasteiger partial charge in [-0.1, -0.05) is 12.8 Å². The van der Waals surface area contributed by atoms with Crippen molar-refractivity contribution in [3.63, 3.8) is 0 Å². The molecule has 6 heteroatoms. The van der Waals surface area contributed by atoms with Gasteiger partial charge in [-0.2, -0.15) is 0 Å². The second-order valence-electron chi connectivity index (χ2n) is 4.70. The maximum atomic E-state index is 11.6. The van der Waals surface area contributed by atoms with Gasteiger partial charge in [0, 0.05) is 17.5 Å². The summed E-state index contributed by atoms with van der Waals surface area (Å²) < 4.78 is 0. The van der Waals surface area contributed by atoms with Crippen LogP contribution in [0, 0.1) is 0 Å². The molecule has 2 rings (SSSR count). The molecule has 104 valence electrons. The molecule has 19 heavy (non-hydrogen) atoms. The lowest BCUT2D eigenvalue weighted by Crippen LogP contribution is -2.41. The maximum absolute atomic E-state index is 11.6. The molecule has 1 aromatic rings. The topological polar surface area (TPSA) is 78.4 Å². The zero-order valence-electron chi connectivity index (χ0n) is 10.6. The fourth-order valence-corrected chi connectivity index (χ4v) is 3.08. The van der Waals surface area contributed by atoms with Gasteiger partial charge in [0.15, 0.2) is 0 Å². The van der Waals surface area contributed by atoms with Crippen molar-refractivity contribution >= 4 is 23.3 Å². The van der Waals surface area contributed by atoms with Gasteiger partial charge >= 0.3 is 12.0 Å². The van der Waals surface area contributed by atoms with Crippen molar-refractivity contribution in [2.24, 2.45) is 0 Å². The second-order valence-corrected chi connectivity index (χ2v) is 5.87. The van der Waals surface area contributed by atoms with Crippen molar-refractivity contribution in [3.8, 4) is 0 Å². The number of nitrogens with one attached hydrogen (secondary N) is 2. The standard InChI is InChI=1S/C13H18N2O3S/c16-12(17)11-6-5-10(19-11)7-8-14-13(18)15-9-3-1-2-4-9/h5-6,9H,1-4,7-8H2,(H,16,17)(H2,14,15,18). The van der Waals surface area contributed by atoms with Crippen molar-refractivity contribution in [1.82, 2.24) is 10.6 Å². The number of carbonyl (C=O) groups excluding carboxylic acids is 1. The van der Waals surface area contributed by atoms with Crippen molar-refractivity contribution < 1.29 is 14.7 Å². The summed E-state index contributed by atoms with van der Waals surface area (Å²) in [4.78, 5) is 23.6. The molecular weight excluding hydrogens is 264 g/mol. The number of urea groups is 1. The molecule has 0 spiro atoms. The van der Waals surface area contributed by atoms with E-state index in [4.69, 9.17) is 5.11 Å². The van der Waals surface area contributed by atoms with Crippen LogP contribution in [-0.2, 0) is 6.42 Å². The first-order valence-corrected chi connectivity index (χ1v) is 7.33. The Kier molecular flexibility index (Phi) is 4.79. The first-order valence-electron chi connectivity index (χ1n) is 6.51. The van der Waals surface area contributed by atoms with E-state index >= 15 is 0 Å². The third-order valence-electron chi connectivity index (χ3n) is 3.22. The summed E-state index contributed by atoms with van der Waals surface area (Å²) in [6.07, 6.45) is 5.19. The highest BCUT2D eigenvalue weighted by Gasteiger charge is 2.16. The lowest BCUT2D eigenvalue weighted by molar-refractivity contribution is 0.0702. The molecule has 0 aliphatic heterocycles. The second kappa shape index (κ2) is 6.56. The third kappa shape index (κ3) is 4.24. The number of hydrogen-bond acceptors (Lipinski definition) is 3. The van der Waals surface area contributed by atoms with Gasteiger partial charge in [0.2, 0.25) is 0 Å². The first-order chi connectivity index (χ1) is 9.15. The molecule has 0 atom stereocenters. The first kappa shape index (κ1) is 13.9. The molecule has 1 saturated carbocycles. The molecule has 1 aromatic heterocycles. The number of thiophene rings is 1. The summed E-state index contributed by atoms with van der Waals surface area (Å²) in [5.74, 6) is -0.900. The smallest absolute Gasteiger partial charge is 0.345 e. The lowest BCUT2D eigenvalue weighted by atomic mass is 10.2. The van der Waals surface area contributed by atoms with Gasteiger partial charge in [0.1, 0.15) is 4.88 Å². The molecule has 1 aliphatic rings. The summed E-state index contributed by atoms with van der Waals surface area (Å²) in [6.45, 7) is 0.526. The minimum atomic E-state index is -0.900. The van der Waals surface area contributed by atoms with Crippen LogP contribution in [0.3, 0.4) is 0 Å². The minimum Gasteiger partial charge on any atom is -0.477 e. The highest BCUT2D eigenvalue weighted by molar-refractivity contribution is 7.13. The van der Waals surface area contributed by atoms with E-state index in [0.29, 0.717) is 23.9 Å². The number of carboxylic acid groups (broad SMARTS) is 1. The number of amides is 2. The van der Waals surface area contributed by atoms with E-state index in [-0.39, 0.29) is 6.03 Å². The molecule has 0 bridgehead atoms. The van der Waals surface area contributed by atoms with E-state index in [1.165, 1.54) is 24.2 Å². The van der Waals surface area contributed by atoms with Crippen molar-refractivity contribution in [1.29, 1.82) is 0 Å². The Morgan fingerprint density at radius 1 is 1.32 bits per heavy atom. The third-order valence-corrected chi connectivity index (χ3v) is 4.35. The predicted molar refractivity (Wildman–Crippen MR) is 73.8 cm³/mol. The van der Waals surface area contributed by atoms with E-state index in [2.05, 4.69) is 10.6 Å². The Morgan fingerprint density at radius 3 is 2.68 bits per heavy atom. The van der Waals surface area contributed by atoms with Crippen LogP contribution in [0.25, 0.3) is 0 Å². The van der Waals surface area contributed by atoms with Crippen LogP contribution in [-0.4, -0.2) is 29.7 Å². The number of rotatable bonds is 5. The van der Waals surface area contributed by atoms with Crippen LogP contribution >= 0.6 is 11.3 Å². The fourth-order valence-electron chi connectivity index (χ4n) is 2.23. The summed E-state index contributed by atoms with van der Waals surface area (Å²) in [7, 11) is 0. The van der Waals surface area contributed by atoms with Crippen LogP contribution in [0.2, 0.25) is 0 Å². The SMILES string of the molecule is O=C(NCCc1ccc(C(=O)O)s1)NC1CCCC1. The number of carboxylic acids is 1. The molecule has 0 aromatic carbocycles. The average molecular weight is 282 g/mol. The van der Waals surface area contributed by atoms with Crippen LogP contribution in [0.1, 0.15) is 40.2 Å². The largest absolute Gasteiger partial charge is 0.477 e. The Hall–Kier alpha value is -1.56. The molecular formula is C13H18N2O3S. The van der Waals surface area contributed by atoms with Gasteiger partial charge < -0.3 is 15.7 Å². The van der Waals surface area contributed by atoms with E-state index in [1.807, 2.05) is 0 Å². The zero-order chi connectivity index (χ0) is 13.7. The van der Waals surface area contributed by atoms with E-state index < -0.39 is 5.97 Å². The fraction of sp³-hybridized carbons (Fsp3) is 0.538. The molecule has 3 N–H and O–H groups in total. The lowest BCUT2D eigenvalue weighted by Gasteiger charge is -2.12. The summed E-state index contributed by atoms with van der Waals surface area (Å²) in [5, 5.41) is 14.6. The Labute approximate surface area is 116 Å². The maximum Gasteiger partial charge on any atom is 0.345 e. The monoisotopic (exact) mass is 282 g/mol. The van der Waals surface area contributed by atoms with Gasteiger partial charge in [0.05, 0.1) is 0 Å². The molecule has 0 radical (unpaired) electrons. The molecule has 0 unspecified atom stereocenters. The van der Waals surface area contributed by atoms with Crippen molar-refractivity contribution in [2.75, 3.05) is 6.54 Å². The Morgan fingerprint density at radius 2 is 2.05 bits per heavy atom. The van der Waals surface area contributed by atoms with Gasteiger partial charge in [-0.15, -0.1) is 11.3 Å². The summed E-state index contributed by atoms with van der Waals surface area (Å²) >= 11 is 1.25. The van der Waals surface area contributed by atoms with Gasteiger partial charge in [0.25, 0.3) is 0 Å². The highest BCUT2D eigenvalue weighted by Crippen LogP contribution is 2.18. The number of aromatic carboxylic acids is 1. The molecule has 1 heterocycles. The predicted octanol–water partition coefficient (Wildman–Crippen LogP) is 2.23. The van der Waals surface area contributed by atoms with Gasteiger partial charge in [-0.05, 0) is 31.4 Å². The number of carbonyl (C=O) groups is 2. The van der Waals surface area contributed by atoms with Gasteiger partial charge in [-0.25, -0.2) is 9.59 Å². The highest BCUT2D eigenvalue weighted by atomic mass is 32.1. The molecule has 5 nitrogen and oxygen atoms in total. The molecule has 1 aliphatic carbocycles. The van der Waals surface area contributed by atoms with E-state index in [9.17, 15) is 9.59 Å². The van der Waals surface area contributed by atoms with Crippen molar-refractivity contribution in [3.05, 3.63) is 21.9 Å². The Balaban J connectivity index is 1.67. The van der Waals surface area contributed by atoms with Crippen LogP contribution in [0.5, 0.6) is 0 Å². The van der Waals surface area contributed by atoms with Crippen LogP contribution < -0.4 is 10.6 Å².